The Morgan fingerprint density at radius 1 is 1.25 bits per heavy atom. The predicted molar refractivity (Wildman–Crippen MR) is 61.2 cm³/mol. The zero-order chi connectivity index (χ0) is 11.0. The van der Waals surface area contributed by atoms with E-state index in [9.17, 15) is 5.11 Å². The summed E-state index contributed by atoms with van der Waals surface area (Å²) in [6.07, 6.45) is 5.28. The number of aromatic nitrogens is 2. The van der Waals surface area contributed by atoms with Gasteiger partial charge in [0.1, 0.15) is 0 Å². The van der Waals surface area contributed by atoms with E-state index in [2.05, 4.69) is 34.2 Å². The van der Waals surface area contributed by atoms with Crippen LogP contribution in [0.2, 0.25) is 0 Å². The number of aliphatic hydroxyl groups is 1. The summed E-state index contributed by atoms with van der Waals surface area (Å²) in [6, 6.07) is 8.39. The number of aromatic amines is 1. The lowest BCUT2D eigenvalue weighted by Crippen LogP contribution is -2.31. The van der Waals surface area contributed by atoms with E-state index in [1.165, 1.54) is 11.1 Å². The van der Waals surface area contributed by atoms with Gasteiger partial charge in [-0.05, 0) is 24.0 Å². The molecule has 0 radical (unpaired) electrons. The molecule has 0 saturated carbocycles. The van der Waals surface area contributed by atoms with Crippen LogP contribution in [0.4, 0.5) is 0 Å². The van der Waals surface area contributed by atoms with Crippen LogP contribution in [0, 0.1) is 0 Å². The summed E-state index contributed by atoms with van der Waals surface area (Å²) in [6.45, 7) is 0.157. The standard InChI is InChI=1S/C13H14N2O/c16-8-13(12-7-14-9-15-12)5-10-3-1-2-4-11(10)6-13/h1-4,7,9,16H,5-6,8H2,(H,14,15). The first-order valence-electron chi connectivity index (χ1n) is 5.51. The van der Waals surface area contributed by atoms with Gasteiger partial charge in [-0.25, -0.2) is 4.98 Å². The zero-order valence-electron chi connectivity index (χ0n) is 8.98. The van der Waals surface area contributed by atoms with Gasteiger partial charge in [-0.15, -0.1) is 0 Å². The number of nitrogens with zero attached hydrogens (tertiary/aromatic N) is 1. The maximum Gasteiger partial charge on any atom is 0.0921 e. The van der Waals surface area contributed by atoms with E-state index in [4.69, 9.17) is 0 Å². The Labute approximate surface area is 94.2 Å². The third kappa shape index (κ3) is 1.28. The first kappa shape index (κ1) is 9.60. The molecule has 2 N–H and O–H groups in total. The smallest absolute Gasteiger partial charge is 0.0921 e. The molecule has 3 rings (SSSR count). The molecule has 0 atom stereocenters. The van der Waals surface area contributed by atoms with Crippen LogP contribution in [0.15, 0.2) is 36.8 Å². The summed E-state index contributed by atoms with van der Waals surface area (Å²) in [5, 5.41) is 9.71. The molecule has 3 nitrogen and oxygen atoms in total. The number of aliphatic hydroxyl groups excluding tert-OH is 1. The van der Waals surface area contributed by atoms with Crippen LogP contribution >= 0.6 is 0 Å². The Kier molecular flexibility index (Phi) is 2.07. The second-order valence-corrected chi connectivity index (χ2v) is 4.53. The van der Waals surface area contributed by atoms with Crippen LogP contribution in [0.1, 0.15) is 16.8 Å². The van der Waals surface area contributed by atoms with Gasteiger partial charge in [0.2, 0.25) is 0 Å². The fraction of sp³-hybridized carbons (Fsp3) is 0.308. The number of rotatable bonds is 2. The number of hydrogen-bond acceptors (Lipinski definition) is 2. The molecule has 1 heterocycles. The molecular formula is C13H14N2O. The summed E-state index contributed by atoms with van der Waals surface area (Å²) in [7, 11) is 0. The van der Waals surface area contributed by atoms with Gasteiger partial charge >= 0.3 is 0 Å². The molecule has 1 aromatic carbocycles. The van der Waals surface area contributed by atoms with Crippen molar-refractivity contribution in [1.82, 2.24) is 9.97 Å². The molecule has 0 amide bonds. The number of fused-ring (bicyclic) bond motifs is 1. The Bertz CT molecular complexity index is 465. The van der Waals surface area contributed by atoms with Crippen LogP contribution in [0.25, 0.3) is 0 Å². The number of imidazole rings is 1. The Morgan fingerprint density at radius 2 is 1.94 bits per heavy atom. The molecule has 82 valence electrons. The molecule has 0 spiro atoms. The molecule has 1 aromatic heterocycles. The van der Waals surface area contributed by atoms with Gasteiger partial charge in [-0.2, -0.15) is 0 Å². The van der Waals surface area contributed by atoms with Gasteiger partial charge in [-0.3, -0.25) is 0 Å². The quantitative estimate of drug-likeness (QED) is 0.794. The van der Waals surface area contributed by atoms with Crippen molar-refractivity contribution in [1.29, 1.82) is 0 Å². The van der Waals surface area contributed by atoms with Crippen molar-refractivity contribution in [3.05, 3.63) is 53.6 Å². The molecule has 0 aliphatic heterocycles. The highest BCUT2D eigenvalue weighted by Crippen LogP contribution is 2.38. The first-order valence-corrected chi connectivity index (χ1v) is 5.51. The molecule has 0 fully saturated rings. The molecule has 0 saturated heterocycles. The lowest BCUT2D eigenvalue weighted by atomic mass is 9.82. The fourth-order valence-electron chi connectivity index (χ4n) is 2.63. The van der Waals surface area contributed by atoms with Crippen molar-refractivity contribution in [3.8, 4) is 0 Å². The van der Waals surface area contributed by atoms with E-state index in [0.29, 0.717) is 0 Å². The van der Waals surface area contributed by atoms with Crippen molar-refractivity contribution >= 4 is 0 Å². The molecule has 0 unspecified atom stereocenters. The number of hydrogen-bond donors (Lipinski definition) is 2. The molecule has 1 aliphatic carbocycles. The minimum atomic E-state index is -0.194. The average molecular weight is 214 g/mol. The summed E-state index contributed by atoms with van der Waals surface area (Å²) in [5.41, 5.74) is 3.52. The zero-order valence-corrected chi connectivity index (χ0v) is 8.98. The van der Waals surface area contributed by atoms with Crippen LogP contribution < -0.4 is 0 Å². The van der Waals surface area contributed by atoms with E-state index in [-0.39, 0.29) is 12.0 Å². The number of nitrogens with one attached hydrogen (secondary N) is 1. The van der Waals surface area contributed by atoms with Crippen molar-refractivity contribution < 1.29 is 5.11 Å². The fourth-order valence-corrected chi connectivity index (χ4v) is 2.63. The van der Waals surface area contributed by atoms with Crippen LogP contribution in [0.3, 0.4) is 0 Å². The van der Waals surface area contributed by atoms with Crippen LogP contribution in [-0.2, 0) is 18.3 Å². The van der Waals surface area contributed by atoms with Crippen molar-refractivity contribution in [2.75, 3.05) is 6.61 Å². The third-order valence-corrected chi connectivity index (χ3v) is 3.55. The Balaban J connectivity index is 2.03. The minimum Gasteiger partial charge on any atom is -0.395 e. The van der Waals surface area contributed by atoms with E-state index < -0.39 is 0 Å². The molecule has 2 aromatic rings. The average Bonchev–Trinajstić information content (AvgIpc) is 2.96. The second kappa shape index (κ2) is 3.46. The number of benzene rings is 1. The highest BCUT2D eigenvalue weighted by atomic mass is 16.3. The van der Waals surface area contributed by atoms with Crippen molar-refractivity contribution in [2.24, 2.45) is 0 Å². The number of H-pyrrole nitrogens is 1. The van der Waals surface area contributed by atoms with E-state index in [0.717, 1.165) is 18.5 Å². The monoisotopic (exact) mass is 214 g/mol. The van der Waals surface area contributed by atoms with Gasteiger partial charge in [-0.1, -0.05) is 24.3 Å². The van der Waals surface area contributed by atoms with Gasteiger partial charge in [0.05, 0.1) is 12.9 Å². The Morgan fingerprint density at radius 3 is 2.44 bits per heavy atom. The Hall–Kier alpha value is -1.61. The molecule has 16 heavy (non-hydrogen) atoms. The SMILES string of the molecule is OCC1(c2cnc[nH]2)Cc2ccccc2C1. The van der Waals surface area contributed by atoms with E-state index in [1.54, 1.807) is 6.33 Å². The maximum atomic E-state index is 9.71. The van der Waals surface area contributed by atoms with Crippen LogP contribution in [-0.4, -0.2) is 21.7 Å². The molecule has 0 bridgehead atoms. The summed E-state index contributed by atoms with van der Waals surface area (Å²) in [4.78, 5) is 7.19. The normalized spacial score (nSPS) is 17.3. The van der Waals surface area contributed by atoms with Crippen molar-refractivity contribution in [3.63, 3.8) is 0 Å². The summed E-state index contributed by atoms with van der Waals surface area (Å²) >= 11 is 0. The molecular weight excluding hydrogens is 200 g/mol. The van der Waals surface area contributed by atoms with Gasteiger partial charge in [0, 0.05) is 17.3 Å². The first-order chi connectivity index (χ1) is 7.84. The highest BCUT2D eigenvalue weighted by molar-refractivity contribution is 5.39. The van der Waals surface area contributed by atoms with Gasteiger partial charge < -0.3 is 10.1 Å². The predicted octanol–water partition coefficient (Wildman–Crippen LogP) is 1.44. The lowest BCUT2D eigenvalue weighted by Gasteiger charge is -2.24. The topological polar surface area (TPSA) is 48.9 Å². The van der Waals surface area contributed by atoms with Crippen molar-refractivity contribution in [2.45, 2.75) is 18.3 Å². The summed E-state index contributed by atoms with van der Waals surface area (Å²) < 4.78 is 0. The maximum absolute atomic E-state index is 9.71. The highest BCUT2D eigenvalue weighted by Gasteiger charge is 2.39. The van der Waals surface area contributed by atoms with Gasteiger partial charge in [0.25, 0.3) is 0 Å². The molecule has 3 heteroatoms. The van der Waals surface area contributed by atoms with Crippen LogP contribution in [0.5, 0.6) is 0 Å². The largest absolute Gasteiger partial charge is 0.395 e. The second-order valence-electron chi connectivity index (χ2n) is 4.53. The lowest BCUT2D eigenvalue weighted by molar-refractivity contribution is 0.195. The minimum absolute atomic E-state index is 0.157. The van der Waals surface area contributed by atoms with E-state index >= 15 is 0 Å². The summed E-state index contributed by atoms with van der Waals surface area (Å²) in [5.74, 6) is 0. The third-order valence-electron chi connectivity index (χ3n) is 3.55. The van der Waals surface area contributed by atoms with E-state index in [1.807, 2.05) is 6.20 Å². The van der Waals surface area contributed by atoms with Gasteiger partial charge in [0.15, 0.2) is 0 Å². The molecule has 1 aliphatic rings.